The molecule has 0 saturated heterocycles. The Bertz CT molecular complexity index is 686. The average Bonchev–Trinajstić information content (AvgIpc) is 3.25. The maximum absolute atomic E-state index is 13.1. The molecule has 0 bridgehead atoms. The van der Waals surface area contributed by atoms with E-state index in [0.29, 0.717) is 5.75 Å². The number of nitrogens with zero attached hydrogens (tertiary/aromatic N) is 1. The predicted molar refractivity (Wildman–Crippen MR) is 93.5 cm³/mol. The first-order valence-electron chi connectivity index (χ1n) is 7.22. The van der Waals surface area contributed by atoms with E-state index in [9.17, 15) is 9.18 Å². The Kier molecular flexibility index (Phi) is 5.30. The van der Waals surface area contributed by atoms with E-state index in [1.54, 1.807) is 23.5 Å². The van der Waals surface area contributed by atoms with Crippen LogP contribution in [0.25, 0.3) is 0 Å². The van der Waals surface area contributed by atoms with Gasteiger partial charge in [-0.3, -0.25) is 9.79 Å². The average molecular weight is 349 g/mol. The van der Waals surface area contributed by atoms with E-state index in [1.165, 1.54) is 23.9 Å². The quantitative estimate of drug-likeness (QED) is 0.873. The predicted octanol–water partition coefficient (Wildman–Crippen LogP) is 2.79. The lowest BCUT2D eigenvalue weighted by Crippen LogP contribution is -2.31. The first-order chi connectivity index (χ1) is 11.2. The summed E-state index contributed by atoms with van der Waals surface area (Å²) in [5.74, 6) is -0.0606. The van der Waals surface area contributed by atoms with Crippen molar-refractivity contribution in [2.24, 2.45) is 4.99 Å². The van der Waals surface area contributed by atoms with Crippen LogP contribution in [0.1, 0.15) is 16.5 Å². The number of benzene rings is 1. The second-order valence-electron chi connectivity index (χ2n) is 4.97. The van der Waals surface area contributed by atoms with Gasteiger partial charge in [-0.1, -0.05) is 30.0 Å². The highest BCUT2D eigenvalue weighted by molar-refractivity contribution is 8.14. The van der Waals surface area contributed by atoms with Gasteiger partial charge in [-0.15, -0.1) is 11.3 Å². The Balaban J connectivity index is 1.68. The molecule has 1 aromatic heterocycles. The van der Waals surface area contributed by atoms with Crippen molar-refractivity contribution in [3.05, 3.63) is 58.0 Å². The number of hydrogen-bond acceptors (Lipinski definition) is 5. The Morgan fingerprint density at radius 1 is 1.39 bits per heavy atom. The van der Waals surface area contributed by atoms with Gasteiger partial charge in [0, 0.05) is 11.4 Å². The molecule has 2 heterocycles. The second kappa shape index (κ2) is 7.61. The molecule has 7 heteroatoms. The molecule has 2 aromatic rings. The molecule has 1 amide bonds. The highest BCUT2D eigenvalue weighted by Crippen LogP contribution is 2.26. The fourth-order valence-electron chi connectivity index (χ4n) is 2.24. The monoisotopic (exact) mass is 349 g/mol. The number of carbonyl (C=O) groups is 1. The number of amidine groups is 1. The molecular weight excluding hydrogens is 333 g/mol. The lowest BCUT2D eigenvalue weighted by Gasteiger charge is -2.18. The molecule has 4 nitrogen and oxygen atoms in total. The van der Waals surface area contributed by atoms with Gasteiger partial charge in [-0.2, -0.15) is 0 Å². The molecule has 0 radical (unpaired) electrons. The minimum absolute atomic E-state index is 0.0749. The van der Waals surface area contributed by atoms with E-state index < -0.39 is 0 Å². The Labute approximate surface area is 142 Å². The molecule has 1 aromatic carbocycles. The zero-order chi connectivity index (χ0) is 16.1. The summed E-state index contributed by atoms with van der Waals surface area (Å²) in [7, 11) is 0. The number of nitrogens with one attached hydrogen (secondary N) is 2. The van der Waals surface area contributed by atoms with Gasteiger partial charge in [0.15, 0.2) is 5.17 Å². The molecule has 120 valence electrons. The highest BCUT2D eigenvalue weighted by Gasteiger charge is 2.18. The molecule has 0 unspecified atom stereocenters. The van der Waals surface area contributed by atoms with E-state index in [0.717, 1.165) is 28.7 Å². The van der Waals surface area contributed by atoms with E-state index in [2.05, 4.69) is 15.6 Å². The van der Waals surface area contributed by atoms with Crippen LogP contribution in [0.5, 0.6) is 0 Å². The molecule has 0 aliphatic carbocycles. The third-order valence-electron chi connectivity index (χ3n) is 3.32. The fourth-order valence-corrected chi connectivity index (χ4v) is 3.78. The van der Waals surface area contributed by atoms with Crippen LogP contribution in [0.4, 0.5) is 4.39 Å². The molecule has 0 fully saturated rings. The summed E-state index contributed by atoms with van der Waals surface area (Å²) in [4.78, 5) is 17.5. The number of halogens is 1. The van der Waals surface area contributed by atoms with Crippen LogP contribution in [0.2, 0.25) is 0 Å². The van der Waals surface area contributed by atoms with E-state index in [-0.39, 0.29) is 17.8 Å². The number of carbonyl (C=O) groups excluding carboxylic acids is 1. The number of aliphatic imine (C=N–C) groups is 1. The summed E-state index contributed by atoms with van der Waals surface area (Å²) in [5, 5.41) is 8.93. The van der Waals surface area contributed by atoms with Gasteiger partial charge in [0.2, 0.25) is 5.91 Å². The molecule has 1 aliphatic heterocycles. The molecule has 23 heavy (non-hydrogen) atoms. The Morgan fingerprint density at radius 2 is 2.22 bits per heavy atom. The van der Waals surface area contributed by atoms with Crippen molar-refractivity contribution in [3.63, 3.8) is 0 Å². The first-order valence-corrected chi connectivity index (χ1v) is 9.08. The van der Waals surface area contributed by atoms with Crippen molar-refractivity contribution in [1.82, 2.24) is 10.6 Å². The number of thioether (sulfide) groups is 1. The van der Waals surface area contributed by atoms with Gasteiger partial charge in [-0.05, 0) is 29.1 Å². The molecule has 1 atom stereocenters. The van der Waals surface area contributed by atoms with Crippen LogP contribution in [-0.2, 0) is 4.79 Å². The van der Waals surface area contributed by atoms with Crippen molar-refractivity contribution < 1.29 is 9.18 Å². The first kappa shape index (κ1) is 16.0. The SMILES string of the molecule is O=C(CSC1=NCCN1)N[C@H](c1ccc(F)cc1)c1cccs1. The number of rotatable bonds is 5. The van der Waals surface area contributed by atoms with Crippen molar-refractivity contribution in [2.75, 3.05) is 18.8 Å². The van der Waals surface area contributed by atoms with E-state index >= 15 is 0 Å². The third-order valence-corrected chi connectivity index (χ3v) is 5.21. The summed E-state index contributed by atoms with van der Waals surface area (Å²) >= 11 is 2.96. The Morgan fingerprint density at radius 3 is 2.87 bits per heavy atom. The molecule has 3 rings (SSSR count). The van der Waals surface area contributed by atoms with Crippen LogP contribution in [-0.4, -0.2) is 29.9 Å². The van der Waals surface area contributed by atoms with Gasteiger partial charge in [0.1, 0.15) is 5.82 Å². The lowest BCUT2D eigenvalue weighted by atomic mass is 10.1. The van der Waals surface area contributed by atoms with E-state index in [1.807, 2.05) is 17.5 Å². The summed E-state index contributed by atoms with van der Waals surface area (Å²) in [6, 6.07) is 9.87. The second-order valence-corrected chi connectivity index (χ2v) is 6.91. The van der Waals surface area contributed by atoms with Gasteiger partial charge < -0.3 is 10.6 Å². The van der Waals surface area contributed by atoms with Crippen LogP contribution in [0, 0.1) is 5.82 Å². The van der Waals surface area contributed by atoms with Crippen LogP contribution in [0.3, 0.4) is 0 Å². The van der Waals surface area contributed by atoms with Crippen LogP contribution < -0.4 is 10.6 Å². The summed E-state index contributed by atoms with van der Waals surface area (Å²) in [5.41, 5.74) is 0.864. The van der Waals surface area contributed by atoms with Crippen molar-refractivity contribution in [2.45, 2.75) is 6.04 Å². The van der Waals surface area contributed by atoms with Gasteiger partial charge in [-0.25, -0.2) is 4.39 Å². The molecular formula is C16H16FN3OS2. The van der Waals surface area contributed by atoms with Gasteiger partial charge >= 0.3 is 0 Å². The largest absolute Gasteiger partial charge is 0.363 e. The normalized spacial score (nSPS) is 14.9. The third kappa shape index (κ3) is 4.33. The van der Waals surface area contributed by atoms with Crippen molar-refractivity contribution in [1.29, 1.82) is 0 Å². The maximum Gasteiger partial charge on any atom is 0.231 e. The Hall–Kier alpha value is -1.86. The number of hydrogen-bond donors (Lipinski definition) is 2. The molecule has 1 aliphatic rings. The summed E-state index contributed by atoms with van der Waals surface area (Å²) in [6.07, 6.45) is 0. The summed E-state index contributed by atoms with van der Waals surface area (Å²) < 4.78 is 13.1. The topological polar surface area (TPSA) is 53.5 Å². The lowest BCUT2D eigenvalue weighted by molar-refractivity contribution is -0.119. The number of amides is 1. The van der Waals surface area contributed by atoms with E-state index in [4.69, 9.17) is 0 Å². The van der Waals surface area contributed by atoms with Crippen molar-refractivity contribution >= 4 is 34.2 Å². The fraction of sp³-hybridized carbons (Fsp3) is 0.250. The molecule has 0 saturated carbocycles. The highest BCUT2D eigenvalue weighted by atomic mass is 32.2. The zero-order valence-corrected chi connectivity index (χ0v) is 13.9. The van der Waals surface area contributed by atoms with Gasteiger partial charge in [0.05, 0.1) is 18.3 Å². The smallest absolute Gasteiger partial charge is 0.231 e. The van der Waals surface area contributed by atoms with Crippen LogP contribution >= 0.6 is 23.1 Å². The van der Waals surface area contributed by atoms with Crippen LogP contribution in [0.15, 0.2) is 46.8 Å². The minimum atomic E-state index is -0.286. The standard InChI is InChI=1S/C16H16FN3OS2/c17-12-5-3-11(4-6-12)15(13-2-1-9-22-13)20-14(21)10-23-16-18-7-8-19-16/h1-6,9,15H,7-8,10H2,(H,18,19)(H,20,21)/t15-/m1/s1. The zero-order valence-electron chi connectivity index (χ0n) is 12.3. The van der Waals surface area contributed by atoms with Crippen molar-refractivity contribution in [3.8, 4) is 0 Å². The minimum Gasteiger partial charge on any atom is -0.363 e. The molecule has 0 spiro atoms. The van der Waals surface area contributed by atoms with Gasteiger partial charge in [0.25, 0.3) is 0 Å². The summed E-state index contributed by atoms with van der Waals surface area (Å²) in [6.45, 7) is 1.59. The maximum atomic E-state index is 13.1. The number of thiophene rings is 1. The molecule has 2 N–H and O–H groups in total.